The molecule has 18 heavy (non-hydrogen) atoms. The molecule has 2 amide bonds. The molecule has 6 heteroatoms. The average molecular weight is 246 g/mol. The number of benzene rings is 2. The summed E-state index contributed by atoms with van der Waals surface area (Å²) >= 11 is 0. The molecule has 0 unspecified atom stereocenters. The van der Waals surface area contributed by atoms with Gasteiger partial charge in [0.25, 0.3) is 0 Å². The minimum atomic E-state index is -1.00. The third-order valence-electron chi connectivity index (χ3n) is 2.23. The van der Waals surface area contributed by atoms with Crippen LogP contribution in [0.25, 0.3) is 10.8 Å². The van der Waals surface area contributed by atoms with Gasteiger partial charge in [-0.15, -0.1) is 0 Å². The molecule has 0 aromatic heterocycles. The topological polar surface area (TPSA) is 105 Å². The molecule has 0 bridgehead atoms. The van der Waals surface area contributed by atoms with Crippen LogP contribution in [0, 0.1) is 0 Å². The number of rotatable bonds is 2. The Morgan fingerprint density at radius 3 is 1.56 bits per heavy atom. The Morgan fingerprint density at radius 1 is 0.833 bits per heavy atom. The van der Waals surface area contributed by atoms with Gasteiger partial charge >= 0.3 is 12.2 Å². The lowest BCUT2D eigenvalue weighted by Gasteiger charge is -2.09. The molecule has 2 aromatic carbocycles. The number of primary amides is 2. The standard InChI is InChI=1S/C12H10N2O4/c13-11(15)17-9-5-7-3-1-2-4-8(7)6-10(9)18-12(14)16/h1-6H,(H2,13,15)(H2,14,16). The molecule has 0 saturated heterocycles. The number of ether oxygens (including phenoxy) is 2. The van der Waals surface area contributed by atoms with Crippen LogP contribution in [-0.4, -0.2) is 12.2 Å². The van der Waals surface area contributed by atoms with Gasteiger partial charge < -0.3 is 20.9 Å². The molecular weight excluding hydrogens is 236 g/mol. The Kier molecular flexibility index (Phi) is 3.01. The van der Waals surface area contributed by atoms with Gasteiger partial charge in [-0.3, -0.25) is 0 Å². The summed E-state index contributed by atoms with van der Waals surface area (Å²) in [5, 5.41) is 1.62. The molecule has 0 aliphatic heterocycles. The molecular formula is C12H10N2O4. The van der Waals surface area contributed by atoms with Crippen LogP contribution < -0.4 is 20.9 Å². The maximum Gasteiger partial charge on any atom is 0.410 e. The van der Waals surface area contributed by atoms with Crippen molar-refractivity contribution in [3.05, 3.63) is 36.4 Å². The van der Waals surface area contributed by atoms with Crippen LogP contribution in [-0.2, 0) is 0 Å². The smallest absolute Gasteiger partial charge is 0.406 e. The first kappa shape index (κ1) is 11.7. The van der Waals surface area contributed by atoms with Crippen molar-refractivity contribution in [3.63, 3.8) is 0 Å². The highest BCUT2D eigenvalue weighted by atomic mass is 16.6. The molecule has 0 aliphatic rings. The van der Waals surface area contributed by atoms with Crippen LogP contribution in [0.15, 0.2) is 36.4 Å². The number of hydrogen-bond donors (Lipinski definition) is 2. The summed E-state index contributed by atoms with van der Waals surface area (Å²) in [7, 11) is 0. The van der Waals surface area contributed by atoms with E-state index >= 15 is 0 Å². The number of amides is 2. The van der Waals surface area contributed by atoms with E-state index in [1.165, 1.54) is 0 Å². The minimum absolute atomic E-state index is 0.0417. The summed E-state index contributed by atoms with van der Waals surface area (Å²) in [6.45, 7) is 0. The van der Waals surface area contributed by atoms with Crippen LogP contribution in [0.3, 0.4) is 0 Å². The zero-order valence-corrected chi connectivity index (χ0v) is 9.25. The number of nitrogens with two attached hydrogens (primary N) is 2. The maximum absolute atomic E-state index is 10.8. The Hall–Kier alpha value is -2.76. The number of carbonyl (C=O) groups is 2. The number of hydrogen-bond acceptors (Lipinski definition) is 4. The molecule has 2 aromatic rings. The highest BCUT2D eigenvalue weighted by molar-refractivity contribution is 5.88. The molecule has 0 radical (unpaired) electrons. The first-order valence-corrected chi connectivity index (χ1v) is 5.03. The molecule has 0 atom stereocenters. The van der Waals surface area contributed by atoms with E-state index in [-0.39, 0.29) is 11.5 Å². The minimum Gasteiger partial charge on any atom is -0.406 e. The lowest BCUT2D eigenvalue weighted by atomic mass is 10.1. The Bertz CT molecular complexity index is 570. The van der Waals surface area contributed by atoms with Crippen LogP contribution in [0.1, 0.15) is 0 Å². The summed E-state index contributed by atoms with van der Waals surface area (Å²) in [5.41, 5.74) is 9.87. The largest absolute Gasteiger partial charge is 0.410 e. The summed E-state index contributed by atoms with van der Waals surface area (Å²) in [5.74, 6) is 0.0833. The molecule has 0 spiro atoms. The van der Waals surface area contributed by atoms with Gasteiger partial charge in [0.05, 0.1) is 0 Å². The van der Waals surface area contributed by atoms with E-state index in [9.17, 15) is 9.59 Å². The van der Waals surface area contributed by atoms with Crippen LogP contribution in [0.5, 0.6) is 11.5 Å². The Morgan fingerprint density at radius 2 is 1.22 bits per heavy atom. The monoisotopic (exact) mass is 246 g/mol. The summed E-state index contributed by atoms with van der Waals surface area (Å²) in [4.78, 5) is 21.5. The summed E-state index contributed by atoms with van der Waals surface area (Å²) in [6, 6.07) is 10.4. The van der Waals surface area contributed by atoms with Crippen LogP contribution in [0.4, 0.5) is 9.59 Å². The van der Waals surface area contributed by atoms with Crippen LogP contribution in [0.2, 0.25) is 0 Å². The van der Waals surface area contributed by atoms with Crippen molar-refractivity contribution >= 4 is 23.0 Å². The van der Waals surface area contributed by atoms with Crippen molar-refractivity contribution in [2.75, 3.05) is 0 Å². The van der Waals surface area contributed by atoms with Gasteiger partial charge in [0.15, 0.2) is 11.5 Å². The summed E-state index contributed by atoms with van der Waals surface area (Å²) < 4.78 is 9.52. The van der Waals surface area contributed by atoms with Crippen molar-refractivity contribution < 1.29 is 19.1 Å². The molecule has 0 fully saturated rings. The molecule has 0 saturated carbocycles. The predicted octanol–water partition coefficient (Wildman–Crippen LogP) is 1.75. The highest BCUT2D eigenvalue weighted by Crippen LogP contribution is 2.32. The lowest BCUT2D eigenvalue weighted by Crippen LogP contribution is -2.19. The zero-order chi connectivity index (χ0) is 13.1. The molecule has 0 aliphatic carbocycles. The highest BCUT2D eigenvalue weighted by Gasteiger charge is 2.12. The lowest BCUT2D eigenvalue weighted by molar-refractivity contribution is 0.200. The molecule has 6 nitrogen and oxygen atoms in total. The Labute approximate surface area is 102 Å². The summed E-state index contributed by atoms with van der Waals surface area (Å²) in [6.07, 6.45) is -2.00. The number of fused-ring (bicyclic) bond motifs is 1. The van der Waals surface area contributed by atoms with E-state index in [0.29, 0.717) is 0 Å². The third kappa shape index (κ3) is 2.49. The third-order valence-corrected chi connectivity index (χ3v) is 2.23. The van der Waals surface area contributed by atoms with Gasteiger partial charge in [0.1, 0.15) is 0 Å². The fraction of sp³-hybridized carbons (Fsp3) is 0. The van der Waals surface area contributed by atoms with Gasteiger partial charge in [-0.05, 0) is 22.9 Å². The molecule has 0 heterocycles. The number of carbonyl (C=O) groups excluding carboxylic acids is 2. The van der Waals surface area contributed by atoms with Gasteiger partial charge in [-0.2, -0.15) is 0 Å². The van der Waals surface area contributed by atoms with E-state index in [0.717, 1.165) is 10.8 Å². The van der Waals surface area contributed by atoms with Crippen molar-refractivity contribution in [2.45, 2.75) is 0 Å². The van der Waals surface area contributed by atoms with Crippen molar-refractivity contribution in [1.82, 2.24) is 0 Å². The fourth-order valence-electron chi connectivity index (χ4n) is 1.57. The first-order chi connectivity index (χ1) is 8.56. The van der Waals surface area contributed by atoms with E-state index in [4.69, 9.17) is 20.9 Å². The van der Waals surface area contributed by atoms with E-state index in [1.54, 1.807) is 12.1 Å². The van der Waals surface area contributed by atoms with Gasteiger partial charge in [0.2, 0.25) is 0 Å². The Balaban J connectivity index is 2.55. The van der Waals surface area contributed by atoms with Gasteiger partial charge in [-0.25, -0.2) is 9.59 Å². The van der Waals surface area contributed by atoms with Crippen molar-refractivity contribution in [3.8, 4) is 11.5 Å². The van der Waals surface area contributed by atoms with Crippen molar-refractivity contribution in [1.29, 1.82) is 0 Å². The first-order valence-electron chi connectivity index (χ1n) is 5.03. The van der Waals surface area contributed by atoms with Crippen molar-refractivity contribution in [2.24, 2.45) is 11.5 Å². The second-order valence-electron chi connectivity index (χ2n) is 3.49. The second-order valence-corrected chi connectivity index (χ2v) is 3.49. The van der Waals surface area contributed by atoms with E-state index in [1.807, 2.05) is 24.3 Å². The molecule has 4 N–H and O–H groups in total. The van der Waals surface area contributed by atoms with Gasteiger partial charge in [0, 0.05) is 0 Å². The van der Waals surface area contributed by atoms with E-state index in [2.05, 4.69) is 0 Å². The normalized spacial score (nSPS) is 10.0. The fourth-order valence-corrected chi connectivity index (χ4v) is 1.57. The molecule has 2 rings (SSSR count). The zero-order valence-electron chi connectivity index (χ0n) is 9.25. The second kappa shape index (κ2) is 4.62. The van der Waals surface area contributed by atoms with Gasteiger partial charge in [-0.1, -0.05) is 24.3 Å². The quantitative estimate of drug-likeness (QED) is 0.842. The van der Waals surface area contributed by atoms with E-state index < -0.39 is 12.2 Å². The maximum atomic E-state index is 10.8. The average Bonchev–Trinajstić information content (AvgIpc) is 2.28. The van der Waals surface area contributed by atoms with Crippen LogP contribution >= 0.6 is 0 Å². The molecule has 92 valence electrons. The SMILES string of the molecule is NC(=O)Oc1cc2ccccc2cc1OC(N)=O. The predicted molar refractivity (Wildman–Crippen MR) is 64.4 cm³/mol.